The normalized spacial score (nSPS) is 11.7. The van der Waals surface area contributed by atoms with Crippen molar-refractivity contribution in [2.24, 2.45) is 5.10 Å². The Morgan fingerprint density at radius 3 is 2.75 bits per heavy atom. The number of hydrogen-bond donors (Lipinski definition) is 2. The first-order valence-corrected chi connectivity index (χ1v) is 8.47. The number of hydrazone groups is 1. The van der Waals surface area contributed by atoms with Gasteiger partial charge >= 0.3 is 0 Å². The number of carbonyl (C=O) groups excluding carboxylic acids is 1. The van der Waals surface area contributed by atoms with Gasteiger partial charge in [0, 0.05) is 10.8 Å². The van der Waals surface area contributed by atoms with Crippen LogP contribution in [-0.2, 0) is 0 Å². The summed E-state index contributed by atoms with van der Waals surface area (Å²) in [5.41, 5.74) is 3.26. The number of furan rings is 1. The molecule has 0 atom stereocenters. The van der Waals surface area contributed by atoms with Gasteiger partial charge in [-0.25, -0.2) is 10.5 Å². The highest BCUT2D eigenvalue weighted by atomic mass is 16.5. The van der Waals surface area contributed by atoms with Crippen LogP contribution in [0.15, 0.2) is 62.8 Å². The van der Waals surface area contributed by atoms with Crippen LogP contribution in [0, 0.1) is 0 Å². The Labute approximate surface area is 158 Å². The Morgan fingerprint density at radius 2 is 1.96 bits per heavy atom. The highest BCUT2D eigenvalue weighted by molar-refractivity contribution is 6.06. The molecule has 2 aromatic carbocycles. The lowest BCUT2D eigenvalue weighted by atomic mass is 10.1. The molecule has 4 rings (SSSR count). The molecule has 0 spiro atoms. The molecule has 0 aliphatic rings. The Hall–Kier alpha value is -3.94. The molecule has 8 nitrogen and oxygen atoms in total. The quantitative estimate of drug-likeness (QED) is 0.420. The van der Waals surface area contributed by atoms with Gasteiger partial charge in [0.25, 0.3) is 11.5 Å². The predicted octanol–water partition coefficient (Wildman–Crippen LogP) is 2.83. The van der Waals surface area contributed by atoms with Crippen molar-refractivity contribution in [3.05, 3.63) is 70.3 Å². The van der Waals surface area contributed by atoms with Crippen molar-refractivity contribution < 1.29 is 13.9 Å². The molecule has 0 bridgehead atoms. The molecule has 0 saturated carbocycles. The van der Waals surface area contributed by atoms with Gasteiger partial charge in [0.15, 0.2) is 22.8 Å². The molecule has 2 heterocycles. The van der Waals surface area contributed by atoms with Crippen molar-refractivity contribution >= 4 is 33.4 Å². The molecule has 2 aromatic heterocycles. The topological polar surface area (TPSA) is 110 Å². The third-order valence-electron chi connectivity index (χ3n) is 4.32. The van der Waals surface area contributed by atoms with Crippen LogP contribution in [0.4, 0.5) is 0 Å². The van der Waals surface area contributed by atoms with Crippen LogP contribution in [0.25, 0.3) is 21.7 Å². The summed E-state index contributed by atoms with van der Waals surface area (Å²) in [6, 6.07) is 14.1. The van der Waals surface area contributed by atoms with Crippen LogP contribution in [0.3, 0.4) is 0 Å². The Morgan fingerprint density at radius 1 is 1.18 bits per heavy atom. The zero-order valence-corrected chi connectivity index (χ0v) is 15.1. The maximum atomic E-state index is 12.5. The molecule has 0 radical (unpaired) electrons. The van der Waals surface area contributed by atoms with E-state index in [1.807, 2.05) is 18.2 Å². The molecule has 0 aliphatic heterocycles. The van der Waals surface area contributed by atoms with E-state index < -0.39 is 5.91 Å². The zero-order chi connectivity index (χ0) is 19.7. The Kier molecular flexibility index (Phi) is 4.36. The van der Waals surface area contributed by atoms with Gasteiger partial charge in [-0.1, -0.05) is 30.3 Å². The molecule has 2 N–H and O–H groups in total. The fourth-order valence-electron chi connectivity index (χ4n) is 2.91. The Bertz CT molecular complexity index is 1290. The fraction of sp³-hybridized carbons (Fsp3) is 0.100. The van der Waals surface area contributed by atoms with Crippen LogP contribution in [0.2, 0.25) is 0 Å². The average Bonchev–Trinajstić information content (AvgIpc) is 3.17. The minimum Gasteiger partial charge on any atom is -0.493 e. The van der Waals surface area contributed by atoms with E-state index in [-0.39, 0.29) is 11.3 Å². The number of methoxy groups -OCH3 is 1. The number of carbonyl (C=O) groups is 1. The van der Waals surface area contributed by atoms with E-state index >= 15 is 0 Å². The van der Waals surface area contributed by atoms with E-state index in [1.54, 1.807) is 44.4 Å². The van der Waals surface area contributed by atoms with Gasteiger partial charge in [-0.05, 0) is 25.1 Å². The number of benzene rings is 2. The number of hydrogen-bond acceptors (Lipinski definition) is 6. The van der Waals surface area contributed by atoms with Crippen molar-refractivity contribution in [3.8, 4) is 5.75 Å². The summed E-state index contributed by atoms with van der Waals surface area (Å²) in [4.78, 5) is 24.4. The third-order valence-corrected chi connectivity index (χ3v) is 4.32. The fourth-order valence-corrected chi connectivity index (χ4v) is 2.91. The number of aromatic nitrogens is 2. The van der Waals surface area contributed by atoms with Gasteiger partial charge in [0.2, 0.25) is 0 Å². The molecule has 28 heavy (non-hydrogen) atoms. The van der Waals surface area contributed by atoms with E-state index in [4.69, 9.17) is 9.15 Å². The summed E-state index contributed by atoms with van der Waals surface area (Å²) in [6.45, 7) is 1.71. The highest BCUT2D eigenvalue weighted by Crippen LogP contribution is 2.28. The first-order chi connectivity index (χ1) is 13.6. The molecule has 140 valence electrons. The van der Waals surface area contributed by atoms with Crippen molar-refractivity contribution in [3.63, 3.8) is 0 Å². The van der Waals surface area contributed by atoms with Gasteiger partial charge in [0.1, 0.15) is 5.71 Å². The number of amides is 1. The van der Waals surface area contributed by atoms with E-state index in [9.17, 15) is 9.59 Å². The monoisotopic (exact) mass is 376 g/mol. The summed E-state index contributed by atoms with van der Waals surface area (Å²) >= 11 is 0. The first kappa shape index (κ1) is 17.5. The number of fused-ring (bicyclic) bond motifs is 2. The molecule has 0 saturated heterocycles. The average molecular weight is 376 g/mol. The summed E-state index contributed by atoms with van der Waals surface area (Å²) in [5, 5.41) is 12.0. The second kappa shape index (κ2) is 6.99. The third kappa shape index (κ3) is 3.01. The Balaban J connectivity index is 1.63. The minimum absolute atomic E-state index is 0.0815. The van der Waals surface area contributed by atoms with Crippen LogP contribution in [0.1, 0.15) is 23.2 Å². The van der Waals surface area contributed by atoms with E-state index in [1.165, 1.54) is 0 Å². The zero-order valence-electron chi connectivity index (χ0n) is 15.1. The lowest BCUT2D eigenvalue weighted by Crippen LogP contribution is -2.23. The van der Waals surface area contributed by atoms with Gasteiger partial charge in [-0.15, -0.1) is 0 Å². The van der Waals surface area contributed by atoms with Gasteiger partial charge in [-0.2, -0.15) is 10.2 Å². The molecular weight excluding hydrogens is 360 g/mol. The summed E-state index contributed by atoms with van der Waals surface area (Å²) < 4.78 is 11.1. The molecule has 0 unspecified atom stereocenters. The van der Waals surface area contributed by atoms with Crippen molar-refractivity contribution in [2.45, 2.75) is 6.92 Å². The van der Waals surface area contributed by atoms with Crippen LogP contribution < -0.4 is 15.7 Å². The van der Waals surface area contributed by atoms with Crippen molar-refractivity contribution in [1.29, 1.82) is 0 Å². The largest absolute Gasteiger partial charge is 0.493 e. The summed E-state index contributed by atoms with van der Waals surface area (Å²) in [7, 11) is 1.57. The molecule has 0 aliphatic carbocycles. The molecular formula is C20H16N4O4. The number of rotatable bonds is 4. The number of ether oxygens (including phenoxy) is 1. The molecule has 1 amide bonds. The van der Waals surface area contributed by atoms with Crippen LogP contribution in [-0.4, -0.2) is 28.9 Å². The second-order valence-electron chi connectivity index (χ2n) is 6.07. The van der Waals surface area contributed by atoms with Crippen LogP contribution >= 0.6 is 0 Å². The minimum atomic E-state index is -0.541. The SMILES string of the molecule is COc1cccc2cc(/C(C)=N\NC(=O)c3n[nH]c(=O)c4ccccc34)oc12. The smallest absolute Gasteiger partial charge is 0.292 e. The van der Waals surface area contributed by atoms with Gasteiger partial charge < -0.3 is 9.15 Å². The summed E-state index contributed by atoms with van der Waals surface area (Å²) in [5.74, 6) is 0.573. The number of nitrogens with one attached hydrogen (secondary N) is 2. The summed E-state index contributed by atoms with van der Waals surface area (Å²) in [6.07, 6.45) is 0. The molecule has 4 aromatic rings. The molecule has 8 heteroatoms. The number of nitrogens with zero attached hydrogens (tertiary/aromatic N) is 2. The van der Waals surface area contributed by atoms with Gasteiger partial charge in [-0.3, -0.25) is 9.59 Å². The second-order valence-corrected chi connectivity index (χ2v) is 6.07. The van der Waals surface area contributed by atoms with E-state index in [2.05, 4.69) is 20.7 Å². The number of H-pyrrole nitrogens is 1. The van der Waals surface area contributed by atoms with Crippen molar-refractivity contribution in [2.75, 3.05) is 7.11 Å². The highest BCUT2D eigenvalue weighted by Gasteiger charge is 2.15. The maximum absolute atomic E-state index is 12.5. The van der Waals surface area contributed by atoms with Crippen LogP contribution in [0.5, 0.6) is 5.75 Å². The number of para-hydroxylation sites is 1. The van der Waals surface area contributed by atoms with E-state index in [0.29, 0.717) is 33.6 Å². The standard InChI is InChI=1S/C20H16N4O4/c1-11(16-10-12-6-5-9-15(27-2)18(12)28-16)21-24-20(26)17-13-7-3-4-8-14(13)19(25)23-22-17/h3-10H,1-2H3,(H,23,25)(H,24,26)/b21-11-. The predicted molar refractivity (Wildman–Crippen MR) is 105 cm³/mol. The maximum Gasteiger partial charge on any atom is 0.292 e. The van der Waals surface area contributed by atoms with Crippen molar-refractivity contribution in [1.82, 2.24) is 15.6 Å². The molecule has 0 fully saturated rings. The van der Waals surface area contributed by atoms with Gasteiger partial charge in [0.05, 0.1) is 12.5 Å². The lowest BCUT2D eigenvalue weighted by molar-refractivity contribution is 0.0950. The first-order valence-electron chi connectivity index (χ1n) is 8.47. The number of aromatic amines is 1. The lowest BCUT2D eigenvalue weighted by Gasteiger charge is -2.04. The van der Waals surface area contributed by atoms with E-state index in [0.717, 1.165) is 5.39 Å².